The Morgan fingerprint density at radius 3 is 2.25 bits per heavy atom. The summed E-state index contributed by atoms with van der Waals surface area (Å²) in [4.78, 5) is 29.3. The van der Waals surface area contributed by atoms with Gasteiger partial charge in [0.2, 0.25) is 5.91 Å². The number of benzene rings is 2. The number of nitrogen functional groups attached to an aromatic ring is 1. The van der Waals surface area contributed by atoms with E-state index in [4.69, 9.17) is 17.3 Å². The van der Waals surface area contributed by atoms with E-state index in [2.05, 4.69) is 66.6 Å². The highest BCUT2D eigenvalue weighted by Gasteiger charge is 2.35. The number of hydrogen-bond donors (Lipinski definition) is 1. The summed E-state index contributed by atoms with van der Waals surface area (Å²) in [6.07, 6.45) is 5.11. The molecule has 1 aliphatic rings. The lowest BCUT2D eigenvalue weighted by atomic mass is 9.91. The first-order valence-electron chi connectivity index (χ1n) is 13.1. The predicted octanol–water partition coefficient (Wildman–Crippen LogP) is 2.76. The second-order valence-electron chi connectivity index (χ2n) is 9.75. The monoisotopic (exact) mass is 556 g/mol. The highest BCUT2D eigenvalue weighted by Crippen LogP contribution is 2.37. The molecule has 204 valence electrons. The SMILES string of the molecule is Nc1ncnc2c1ncn2Cc1cn([C@H](c2ccccc2)[C@H](c2ccccc2)N2CCN(C(=O)CCl)CC2)nn1. The molecule has 0 spiro atoms. The van der Waals surface area contributed by atoms with E-state index in [0.29, 0.717) is 36.6 Å². The maximum atomic E-state index is 12.3. The molecule has 6 rings (SSSR count). The summed E-state index contributed by atoms with van der Waals surface area (Å²) in [5, 5.41) is 9.17. The van der Waals surface area contributed by atoms with Crippen LogP contribution in [-0.4, -0.2) is 82.3 Å². The van der Waals surface area contributed by atoms with Crippen molar-refractivity contribution in [2.75, 3.05) is 37.8 Å². The summed E-state index contributed by atoms with van der Waals surface area (Å²) in [6, 6.07) is 20.6. The summed E-state index contributed by atoms with van der Waals surface area (Å²) in [6.45, 7) is 3.11. The lowest BCUT2D eigenvalue weighted by Crippen LogP contribution is -2.51. The van der Waals surface area contributed by atoms with Gasteiger partial charge in [-0.3, -0.25) is 9.69 Å². The van der Waals surface area contributed by atoms with Crippen LogP contribution in [0.5, 0.6) is 0 Å². The van der Waals surface area contributed by atoms with Crippen LogP contribution in [0.2, 0.25) is 0 Å². The minimum Gasteiger partial charge on any atom is -0.382 e. The third-order valence-electron chi connectivity index (χ3n) is 7.36. The summed E-state index contributed by atoms with van der Waals surface area (Å²) in [7, 11) is 0. The normalized spacial score (nSPS) is 15.8. The molecule has 0 saturated carbocycles. The van der Waals surface area contributed by atoms with Gasteiger partial charge in [0, 0.05) is 26.2 Å². The number of piperazine rings is 1. The Balaban J connectivity index is 1.36. The summed E-state index contributed by atoms with van der Waals surface area (Å²) >= 11 is 5.84. The fraction of sp³-hybridized carbons (Fsp3) is 0.286. The molecule has 3 aromatic heterocycles. The van der Waals surface area contributed by atoms with Crippen LogP contribution in [0.15, 0.2) is 79.5 Å². The van der Waals surface area contributed by atoms with E-state index < -0.39 is 0 Å². The van der Waals surface area contributed by atoms with E-state index in [0.717, 1.165) is 24.3 Å². The highest BCUT2D eigenvalue weighted by atomic mass is 35.5. The molecule has 0 bridgehead atoms. The van der Waals surface area contributed by atoms with Crippen LogP contribution in [0.4, 0.5) is 5.82 Å². The number of nitrogens with zero attached hydrogens (tertiary/aromatic N) is 9. The standard InChI is InChI=1S/C28H29ClN10O/c29-15-23(40)36-11-13-37(14-12-36)25(20-7-3-1-4-8-20)26(21-9-5-2-6-10-21)39-17-22(34-35-39)16-38-19-33-24-27(30)31-18-32-28(24)38/h1-10,17-19,25-26H,11-16H2,(H2,30,31,32)/t25-,26+/m0/s1. The zero-order valence-electron chi connectivity index (χ0n) is 21.8. The van der Waals surface area contributed by atoms with Crippen molar-refractivity contribution in [2.45, 2.75) is 18.6 Å². The van der Waals surface area contributed by atoms with Crippen molar-refractivity contribution in [3.8, 4) is 0 Å². The van der Waals surface area contributed by atoms with Crippen molar-refractivity contribution < 1.29 is 4.79 Å². The van der Waals surface area contributed by atoms with Crippen molar-refractivity contribution in [2.24, 2.45) is 0 Å². The fourth-order valence-corrected chi connectivity index (χ4v) is 5.59. The van der Waals surface area contributed by atoms with Gasteiger partial charge < -0.3 is 15.2 Å². The Kier molecular flexibility index (Phi) is 7.39. The van der Waals surface area contributed by atoms with Gasteiger partial charge in [-0.25, -0.2) is 19.6 Å². The molecule has 0 unspecified atom stereocenters. The first-order valence-corrected chi connectivity index (χ1v) is 13.7. The lowest BCUT2D eigenvalue weighted by molar-refractivity contribution is -0.130. The number of aromatic nitrogens is 7. The average molecular weight is 557 g/mol. The highest BCUT2D eigenvalue weighted by molar-refractivity contribution is 6.27. The molecule has 2 N–H and O–H groups in total. The second kappa shape index (κ2) is 11.4. The largest absolute Gasteiger partial charge is 0.382 e. The molecule has 0 radical (unpaired) electrons. The molecule has 40 heavy (non-hydrogen) atoms. The van der Waals surface area contributed by atoms with Gasteiger partial charge in [-0.15, -0.1) is 16.7 Å². The number of halogens is 1. The molecule has 5 aromatic rings. The number of alkyl halides is 1. The van der Waals surface area contributed by atoms with Crippen LogP contribution in [0.1, 0.15) is 28.9 Å². The van der Waals surface area contributed by atoms with Gasteiger partial charge in [0.1, 0.15) is 23.4 Å². The van der Waals surface area contributed by atoms with E-state index >= 15 is 0 Å². The van der Waals surface area contributed by atoms with Gasteiger partial charge in [-0.2, -0.15) is 0 Å². The third-order valence-corrected chi connectivity index (χ3v) is 7.59. The number of fused-ring (bicyclic) bond motifs is 1. The number of imidazole rings is 1. The van der Waals surface area contributed by atoms with Gasteiger partial charge in [0.25, 0.3) is 0 Å². The number of hydrogen-bond acceptors (Lipinski definition) is 8. The average Bonchev–Trinajstić information content (AvgIpc) is 3.64. The summed E-state index contributed by atoms with van der Waals surface area (Å²) in [5.41, 5.74) is 10.2. The summed E-state index contributed by atoms with van der Waals surface area (Å²) < 4.78 is 3.84. The Bertz CT molecular complexity index is 1580. The van der Waals surface area contributed by atoms with Gasteiger partial charge in [-0.05, 0) is 11.1 Å². The van der Waals surface area contributed by atoms with Crippen LogP contribution >= 0.6 is 11.6 Å². The van der Waals surface area contributed by atoms with E-state index in [9.17, 15) is 4.79 Å². The molecule has 12 heteroatoms. The van der Waals surface area contributed by atoms with E-state index in [1.54, 1.807) is 6.33 Å². The van der Waals surface area contributed by atoms with E-state index in [1.807, 2.05) is 44.6 Å². The third kappa shape index (κ3) is 5.13. The zero-order valence-corrected chi connectivity index (χ0v) is 22.5. The Morgan fingerprint density at radius 2 is 1.57 bits per heavy atom. The topological polar surface area (TPSA) is 124 Å². The smallest absolute Gasteiger partial charge is 0.237 e. The first kappa shape index (κ1) is 25.9. The number of carbonyl (C=O) groups is 1. The van der Waals surface area contributed by atoms with Crippen LogP contribution in [0.25, 0.3) is 11.2 Å². The van der Waals surface area contributed by atoms with Gasteiger partial charge in [-0.1, -0.05) is 65.9 Å². The molecule has 1 fully saturated rings. The quantitative estimate of drug-likeness (QED) is 0.289. The first-order chi connectivity index (χ1) is 19.6. The second-order valence-corrected chi connectivity index (χ2v) is 10.0. The van der Waals surface area contributed by atoms with Crippen LogP contribution < -0.4 is 5.73 Å². The van der Waals surface area contributed by atoms with E-state index in [-0.39, 0.29) is 23.9 Å². The Hall–Kier alpha value is -4.35. The maximum Gasteiger partial charge on any atom is 0.237 e. The maximum absolute atomic E-state index is 12.3. The molecular formula is C28H29ClN10O. The van der Waals surface area contributed by atoms with Gasteiger partial charge in [0.05, 0.1) is 31.2 Å². The number of rotatable bonds is 8. The molecule has 11 nitrogen and oxygen atoms in total. The van der Waals surface area contributed by atoms with Crippen molar-refractivity contribution >= 4 is 34.5 Å². The molecule has 4 heterocycles. The zero-order chi connectivity index (χ0) is 27.5. The Morgan fingerprint density at radius 1 is 0.900 bits per heavy atom. The van der Waals surface area contributed by atoms with Crippen LogP contribution in [0.3, 0.4) is 0 Å². The van der Waals surface area contributed by atoms with Crippen LogP contribution in [-0.2, 0) is 11.3 Å². The van der Waals surface area contributed by atoms with Crippen molar-refractivity contribution in [3.63, 3.8) is 0 Å². The van der Waals surface area contributed by atoms with Crippen molar-refractivity contribution in [3.05, 3.63) is 96.3 Å². The molecule has 1 aliphatic heterocycles. The predicted molar refractivity (Wildman–Crippen MR) is 151 cm³/mol. The Labute approximate surface area is 236 Å². The summed E-state index contributed by atoms with van der Waals surface area (Å²) in [5.74, 6) is 0.314. The minimum absolute atomic E-state index is 0.00130. The van der Waals surface area contributed by atoms with Crippen molar-refractivity contribution in [1.29, 1.82) is 0 Å². The minimum atomic E-state index is -0.169. The van der Waals surface area contributed by atoms with E-state index in [1.165, 1.54) is 11.9 Å². The van der Waals surface area contributed by atoms with Gasteiger partial charge in [0.15, 0.2) is 11.5 Å². The van der Waals surface area contributed by atoms with Crippen LogP contribution in [0, 0.1) is 0 Å². The van der Waals surface area contributed by atoms with Gasteiger partial charge >= 0.3 is 0 Å². The number of nitrogens with two attached hydrogens (primary N) is 1. The lowest BCUT2D eigenvalue weighted by Gasteiger charge is -2.42. The molecule has 1 amide bonds. The van der Waals surface area contributed by atoms with Crippen molar-refractivity contribution in [1.82, 2.24) is 44.3 Å². The molecular weight excluding hydrogens is 528 g/mol. The number of anilines is 1. The number of carbonyl (C=O) groups excluding carboxylic acids is 1. The molecule has 0 aliphatic carbocycles. The molecule has 2 atom stereocenters. The number of amides is 1. The molecule has 2 aromatic carbocycles. The molecule has 1 saturated heterocycles. The fourth-order valence-electron chi connectivity index (χ4n) is 5.42.